The van der Waals surface area contributed by atoms with Gasteiger partial charge in [0.15, 0.2) is 0 Å². The summed E-state index contributed by atoms with van der Waals surface area (Å²) in [5, 5.41) is 0.326. The number of alkyl halides is 1. The summed E-state index contributed by atoms with van der Waals surface area (Å²) < 4.78 is 0. The number of fused-ring (bicyclic) bond motifs is 3. The molecule has 0 saturated carbocycles. The van der Waals surface area contributed by atoms with E-state index in [4.69, 9.17) is 16.6 Å². The normalized spacial score (nSPS) is 19.5. The van der Waals surface area contributed by atoms with Crippen LogP contribution in [0.2, 0.25) is 0 Å². The van der Waals surface area contributed by atoms with Crippen LogP contribution < -0.4 is 5.56 Å². The lowest BCUT2D eigenvalue weighted by atomic mass is 9.97. The Hall–Kier alpha value is -1.44. The molecule has 2 aromatic rings. The third-order valence-corrected chi connectivity index (χ3v) is 6.64. The van der Waals surface area contributed by atoms with Gasteiger partial charge in [-0.25, -0.2) is 4.98 Å². The molecule has 1 fully saturated rings. The maximum Gasteiger partial charge on any atom is 0.259 e. The average molecular weight is 395 g/mol. The van der Waals surface area contributed by atoms with Crippen LogP contribution in [0.4, 0.5) is 0 Å². The molecule has 8 heteroatoms. The van der Waals surface area contributed by atoms with Crippen LogP contribution >= 0.6 is 22.9 Å². The number of aromatic nitrogens is 2. The average Bonchev–Trinajstić information content (AvgIpc) is 3.00. The molecule has 1 aliphatic carbocycles. The fraction of sp³-hybridized carbons (Fsp3) is 0.611. The van der Waals surface area contributed by atoms with Gasteiger partial charge in [0.25, 0.3) is 5.56 Å². The number of aromatic amines is 1. The number of nitrogens with zero attached hydrogens (tertiary/aromatic N) is 3. The maximum absolute atomic E-state index is 12.6. The number of H-pyrrole nitrogens is 1. The zero-order valence-electron chi connectivity index (χ0n) is 14.9. The van der Waals surface area contributed by atoms with E-state index in [-0.39, 0.29) is 11.5 Å². The van der Waals surface area contributed by atoms with Crippen molar-refractivity contribution in [1.29, 1.82) is 0 Å². The van der Waals surface area contributed by atoms with E-state index in [9.17, 15) is 9.59 Å². The lowest BCUT2D eigenvalue weighted by Gasteiger charge is -2.34. The number of aryl methyl sites for hydroxylation is 2. The first-order valence-electron chi connectivity index (χ1n) is 9.21. The minimum atomic E-state index is -0.480. The summed E-state index contributed by atoms with van der Waals surface area (Å²) in [7, 11) is 0. The molecule has 1 unspecified atom stereocenters. The number of hydrogen-bond donors (Lipinski definition) is 1. The Kier molecular flexibility index (Phi) is 5.03. The largest absolute Gasteiger partial charge is 0.339 e. The van der Waals surface area contributed by atoms with Crippen LogP contribution in [-0.2, 0) is 24.2 Å². The molecule has 1 atom stereocenters. The van der Waals surface area contributed by atoms with Gasteiger partial charge < -0.3 is 9.88 Å². The molecule has 2 aliphatic rings. The lowest BCUT2D eigenvalue weighted by molar-refractivity contribution is -0.132. The fourth-order valence-corrected chi connectivity index (χ4v) is 5.29. The van der Waals surface area contributed by atoms with Crippen molar-refractivity contribution < 1.29 is 4.79 Å². The summed E-state index contributed by atoms with van der Waals surface area (Å²) in [5.41, 5.74) is 1.22. The van der Waals surface area contributed by atoms with Crippen LogP contribution in [0.15, 0.2) is 4.79 Å². The van der Waals surface area contributed by atoms with Crippen molar-refractivity contribution in [3.05, 3.63) is 26.6 Å². The van der Waals surface area contributed by atoms with Gasteiger partial charge in [0.1, 0.15) is 16.0 Å². The van der Waals surface area contributed by atoms with Crippen molar-refractivity contribution in [2.75, 3.05) is 26.2 Å². The summed E-state index contributed by atoms with van der Waals surface area (Å²) in [6.45, 7) is 5.16. The summed E-state index contributed by atoms with van der Waals surface area (Å²) in [6, 6.07) is 0. The third kappa shape index (κ3) is 3.40. The Morgan fingerprint density at radius 3 is 2.73 bits per heavy atom. The number of piperazine rings is 1. The molecule has 1 N–H and O–H groups in total. The quantitative estimate of drug-likeness (QED) is 0.810. The topological polar surface area (TPSA) is 69.3 Å². The van der Waals surface area contributed by atoms with Gasteiger partial charge >= 0.3 is 0 Å². The molecule has 4 rings (SSSR count). The minimum absolute atomic E-state index is 0.00539. The van der Waals surface area contributed by atoms with Crippen LogP contribution in [0.5, 0.6) is 0 Å². The van der Waals surface area contributed by atoms with Gasteiger partial charge in [-0.2, -0.15) is 0 Å². The Bertz CT molecular complexity index is 883. The van der Waals surface area contributed by atoms with E-state index >= 15 is 0 Å². The summed E-state index contributed by atoms with van der Waals surface area (Å²) in [5.74, 6) is 0.704. The zero-order chi connectivity index (χ0) is 18.3. The predicted molar refractivity (Wildman–Crippen MR) is 104 cm³/mol. The Labute approximate surface area is 161 Å². The molecule has 0 bridgehead atoms. The first-order valence-corrected chi connectivity index (χ1v) is 10.5. The lowest BCUT2D eigenvalue weighted by Crippen LogP contribution is -2.50. The number of thiophene rings is 1. The second-order valence-corrected chi connectivity index (χ2v) is 8.86. The number of amides is 1. The van der Waals surface area contributed by atoms with Crippen molar-refractivity contribution in [2.24, 2.45) is 0 Å². The van der Waals surface area contributed by atoms with Gasteiger partial charge in [0.05, 0.1) is 11.9 Å². The number of rotatable bonds is 3. The molecule has 2 aromatic heterocycles. The number of nitrogens with one attached hydrogen (secondary N) is 1. The third-order valence-electron chi connectivity index (χ3n) is 5.27. The molecule has 1 aliphatic heterocycles. The number of hydrogen-bond acceptors (Lipinski definition) is 5. The van der Waals surface area contributed by atoms with E-state index in [1.165, 1.54) is 16.9 Å². The van der Waals surface area contributed by atoms with Gasteiger partial charge in [-0.3, -0.25) is 14.5 Å². The van der Waals surface area contributed by atoms with E-state index < -0.39 is 5.38 Å². The standard InChI is InChI=1S/C18H23ClN4O2S/c1-11(19)18(25)23-8-6-22(7-9-23)10-14-20-16(24)15-12-4-2-3-5-13(12)26-17(15)21-14/h11H,2-10H2,1H3,(H,20,21,24). The monoisotopic (exact) mass is 394 g/mol. The van der Waals surface area contributed by atoms with Crippen LogP contribution in [0.3, 0.4) is 0 Å². The minimum Gasteiger partial charge on any atom is -0.339 e. The van der Waals surface area contributed by atoms with Gasteiger partial charge in [0, 0.05) is 31.1 Å². The van der Waals surface area contributed by atoms with Crippen molar-refractivity contribution in [3.63, 3.8) is 0 Å². The molecule has 1 amide bonds. The van der Waals surface area contributed by atoms with E-state index in [2.05, 4.69) is 9.88 Å². The first-order chi connectivity index (χ1) is 12.5. The van der Waals surface area contributed by atoms with Crippen LogP contribution in [0, 0.1) is 0 Å². The number of carbonyl (C=O) groups is 1. The van der Waals surface area contributed by atoms with E-state index in [1.807, 2.05) is 0 Å². The Morgan fingerprint density at radius 2 is 2.00 bits per heavy atom. The highest BCUT2D eigenvalue weighted by molar-refractivity contribution is 7.18. The maximum atomic E-state index is 12.6. The fourth-order valence-electron chi connectivity index (χ4n) is 3.87. The van der Waals surface area contributed by atoms with Gasteiger partial charge in [0.2, 0.25) is 5.91 Å². The highest BCUT2D eigenvalue weighted by Gasteiger charge is 2.25. The van der Waals surface area contributed by atoms with Crippen LogP contribution in [-0.4, -0.2) is 57.2 Å². The molecule has 140 valence electrons. The molecule has 0 spiro atoms. The van der Waals surface area contributed by atoms with Gasteiger partial charge in [-0.05, 0) is 38.2 Å². The SMILES string of the molecule is CC(Cl)C(=O)N1CCN(Cc2nc3sc4c(c3c(=O)[nH]2)CCCC4)CC1. The Morgan fingerprint density at radius 1 is 1.27 bits per heavy atom. The van der Waals surface area contributed by atoms with Crippen molar-refractivity contribution in [3.8, 4) is 0 Å². The molecule has 0 aromatic carbocycles. The molecule has 3 heterocycles. The molecule has 6 nitrogen and oxygen atoms in total. The molecule has 26 heavy (non-hydrogen) atoms. The zero-order valence-corrected chi connectivity index (χ0v) is 16.5. The van der Waals surface area contributed by atoms with E-state index in [0.717, 1.165) is 42.6 Å². The summed E-state index contributed by atoms with van der Waals surface area (Å²) in [6.07, 6.45) is 4.42. The van der Waals surface area contributed by atoms with E-state index in [1.54, 1.807) is 23.2 Å². The molecule has 1 saturated heterocycles. The van der Waals surface area contributed by atoms with Crippen molar-refractivity contribution in [1.82, 2.24) is 19.8 Å². The second kappa shape index (κ2) is 7.29. The van der Waals surface area contributed by atoms with Gasteiger partial charge in [-0.15, -0.1) is 22.9 Å². The summed E-state index contributed by atoms with van der Waals surface area (Å²) >= 11 is 7.57. The van der Waals surface area contributed by atoms with E-state index in [0.29, 0.717) is 25.5 Å². The highest BCUT2D eigenvalue weighted by Crippen LogP contribution is 2.33. The van der Waals surface area contributed by atoms with Crippen molar-refractivity contribution >= 4 is 39.1 Å². The predicted octanol–water partition coefficient (Wildman–Crippen LogP) is 2.13. The molecular formula is C18H23ClN4O2S. The molecular weight excluding hydrogens is 372 g/mol. The van der Waals surface area contributed by atoms with Crippen LogP contribution in [0.25, 0.3) is 10.2 Å². The smallest absolute Gasteiger partial charge is 0.259 e. The second-order valence-electron chi connectivity index (χ2n) is 7.12. The summed E-state index contributed by atoms with van der Waals surface area (Å²) in [4.78, 5) is 38.5. The van der Waals surface area contributed by atoms with Gasteiger partial charge in [-0.1, -0.05) is 0 Å². The van der Waals surface area contributed by atoms with Crippen LogP contribution in [0.1, 0.15) is 36.0 Å². The molecule has 0 radical (unpaired) electrons. The Balaban J connectivity index is 1.48. The first kappa shape index (κ1) is 17.9. The highest BCUT2D eigenvalue weighted by atomic mass is 35.5. The number of halogens is 1. The van der Waals surface area contributed by atoms with Crippen molar-refractivity contribution in [2.45, 2.75) is 44.5 Å². The number of carbonyl (C=O) groups excluding carboxylic acids is 1.